The van der Waals surface area contributed by atoms with Crippen LogP contribution in [0.3, 0.4) is 0 Å². The second-order valence-corrected chi connectivity index (χ2v) is 4.48. The van der Waals surface area contributed by atoms with Crippen molar-refractivity contribution in [2.24, 2.45) is 0 Å². The van der Waals surface area contributed by atoms with Crippen molar-refractivity contribution in [3.05, 3.63) is 45.1 Å². The number of nitriles is 1. The predicted molar refractivity (Wildman–Crippen MR) is 62.2 cm³/mol. The van der Waals surface area contributed by atoms with Crippen LogP contribution in [0.2, 0.25) is 0 Å². The molecule has 0 N–H and O–H groups in total. The van der Waals surface area contributed by atoms with Gasteiger partial charge in [-0.15, -0.1) is 0 Å². The van der Waals surface area contributed by atoms with Gasteiger partial charge in [0.05, 0.1) is 5.56 Å². The summed E-state index contributed by atoms with van der Waals surface area (Å²) in [5, 5.41) is 12.7. The molecule has 1 nitrogen and oxygen atoms in total. The van der Waals surface area contributed by atoms with E-state index in [9.17, 15) is 0 Å². The van der Waals surface area contributed by atoms with Crippen LogP contribution in [0.1, 0.15) is 5.56 Å². The van der Waals surface area contributed by atoms with Crippen molar-refractivity contribution in [3.63, 3.8) is 0 Å². The van der Waals surface area contributed by atoms with Crippen molar-refractivity contribution >= 4 is 27.3 Å². The molecule has 0 spiro atoms. The van der Waals surface area contributed by atoms with Crippen molar-refractivity contribution in [2.45, 2.75) is 0 Å². The summed E-state index contributed by atoms with van der Waals surface area (Å²) in [6.07, 6.45) is 0. The first-order valence-electron chi connectivity index (χ1n) is 4.03. The zero-order chi connectivity index (χ0) is 9.97. The highest BCUT2D eigenvalue weighted by molar-refractivity contribution is 9.10. The Bertz CT molecular complexity index is 479. The first-order valence-corrected chi connectivity index (χ1v) is 5.77. The first kappa shape index (κ1) is 9.45. The molecule has 0 bridgehead atoms. The Labute approximate surface area is 94.8 Å². The Morgan fingerprint density at radius 2 is 1.86 bits per heavy atom. The van der Waals surface area contributed by atoms with Gasteiger partial charge in [-0.05, 0) is 23.1 Å². The fourth-order valence-corrected chi connectivity index (χ4v) is 2.28. The fraction of sp³-hybridized carbons (Fsp3) is 0. The topological polar surface area (TPSA) is 23.8 Å². The molecule has 0 fully saturated rings. The number of rotatable bonds is 1. The molecule has 0 aliphatic carbocycles. The summed E-state index contributed by atoms with van der Waals surface area (Å²) in [7, 11) is 0. The number of hydrogen-bond donors (Lipinski definition) is 0. The van der Waals surface area contributed by atoms with E-state index in [-0.39, 0.29) is 0 Å². The highest BCUT2D eigenvalue weighted by Crippen LogP contribution is 2.27. The van der Waals surface area contributed by atoms with Crippen LogP contribution >= 0.6 is 27.3 Å². The average Bonchev–Trinajstić information content (AvgIpc) is 2.67. The van der Waals surface area contributed by atoms with E-state index in [1.165, 1.54) is 0 Å². The predicted octanol–water partition coefficient (Wildman–Crippen LogP) is 4.05. The van der Waals surface area contributed by atoms with Gasteiger partial charge in [0.25, 0.3) is 0 Å². The van der Waals surface area contributed by atoms with Gasteiger partial charge in [-0.1, -0.05) is 28.1 Å². The van der Waals surface area contributed by atoms with E-state index in [2.05, 4.69) is 22.0 Å². The molecule has 14 heavy (non-hydrogen) atoms. The van der Waals surface area contributed by atoms with Gasteiger partial charge >= 0.3 is 0 Å². The molecule has 0 saturated carbocycles. The molecule has 0 saturated heterocycles. The lowest BCUT2D eigenvalue weighted by molar-refractivity contribution is 1.50. The zero-order valence-electron chi connectivity index (χ0n) is 7.20. The van der Waals surface area contributed by atoms with Crippen LogP contribution in [0.25, 0.3) is 11.1 Å². The second kappa shape index (κ2) is 3.95. The molecule has 1 heterocycles. The molecule has 0 aliphatic rings. The van der Waals surface area contributed by atoms with Crippen LogP contribution in [0.15, 0.2) is 39.5 Å². The molecule has 0 aliphatic heterocycles. The van der Waals surface area contributed by atoms with E-state index < -0.39 is 0 Å². The van der Waals surface area contributed by atoms with Gasteiger partial charge < -0.3 is 0 Å². The smallest absolute Gasteiger partial charge is 0.101 e. The zero-order valence-corrected chi connectivity index (χ0v) is 9.60. The van der Waals surface area contributed by atoms with Gasteiger partial charge in [-0.25, -0.2) is 0 Å². The van der Waals surface area contributed by atoms with Crippen molar-refractivity contribution in [1.82, 2.24) is 0 Å². The molecule has 2 rings (SSSR count). The van der Waals surface area contributed by atoms with Gasteiger partial charge in [0, 0.05) is 15.4 Å². The summed E-state index contributed by atoms with van der Waals surface area (Å²) in [6, 6.07) is 10.2. The summed E-state index contributed by atoms with van der Waals surface area (Å²) in [6.45, 7) is 0. The molecular weight excluding hydrogens is 258 g/mol. The fourth-order valence-electron chi connectivity index (χ4n) is 1.24. The molecule has 1 aromatic heterocycles. The van der Waals surface area contributed by atoms with E-state index in [4.69, 9.17) is 5.26 Å². The van der Waals surface area contributed by atoms with E-state index in [1.807, 2.05) is 35.0 Å². The van der Waals surface area contributed by atoms with Gasteiger partial charge in [0.1, 0.15) is 6.07 Å². The summed E-state index contributed by atoms with van der Waals surface area (Å²) in [4.78, 5) is 0. The maximum atomic E-state index is 8.87. The molecule has 2 aromatic rings. The first-order chi connectivity index (χ1) is 6.81. The minimum Gasteiger partial charge on any atom is -0.192 e. The number of thiophene rings is 1. The number of nitrogens with zero attached hydrogens (tertiary/aromatic N) is 1. The van der Waals surface area contributed by atoms with E-state index in [0.29, 0.717) is 0 Å². The van der Waals surface area contributed by atoms with Gasteiger partial charge in [-0.2, -0.15) is 16.6 Å². The monoisotopic (exact) mass is 263 g/mol. The highest BCUT2D eigenvalue weighted by atomic mass is 79.9. The Morgan fingerprint density at radius 1 is 1.14 bits per heavy atom. The molecule has 1 aromatic carbocycles. The molecule has 0 radical (unpaired) electrons. The van der Waals surface area contributed by atoms with E-state index in [0.717, 1.165) is 21.2 Å². The lowest BCUT2D eigenvalue weighted by atomic mass is 10.1. The molecule has 68 valence electrons. The number of hydrogen-bond acceptors (Lipinski definition) is 2. The van der Waals surface area contributed by atoms with Crippen LogP contribution in [-0.2, 0) is 0 Å². The third kappa shape index (κ3) is 1.72. The summed E-state index contributed by atoms with van der Waals surface area (Å²) >= 11 is 4.94. The molecule has 0 unspecified atom stereocenters. The standard InChI is InChI=1S/C11H6BrNS/c12-10-3-1-8(2-4-10)11-7-14-6-9(11)5-13/h1-4,6-7H. The normalized spacial score (nSPS) is 9.71. The van der Waals surface area contributed by atoms with Crippen molar-refractivity contribution < 1.29 is 0 Å². The van der Waals surface area contributed by atoms with E-state index >= 15 is 0 Å². The van der Waals surface area contributed by atoms with Gasteiger partial charge in [0.15, 0.2) is 0 Å². The average molecular weight is 264 g/mol. The summed E-state index contributed by atoms with van der Waals surface area (Å²) in [5.41, 5.74) is 2.85. The van der Waals surface area contributed by atoms with Crippen LogP contribution in [0.4, 0.5) is 0 Å². The second-order valence-electron chi connectivity index (χ2n) is 2.82. The lowest BCUT2D eigenvalue weighted by Gasteiger charge is -1.98. The van der Waals surface area contributed by atoms with Gasteiger partial charge in [0.2, 0.25) is 0 Å². The Morgan fingerprint density at radius 3 is 2.50 bits per heavy atom. The number of halogens is 1. The van der Waals surface area contributed by atoms with Crippen LogP contribution in [0, 0.1) is 11.3 Å². The highest BCUT2D eigenvalue weighted by Gasteiger charge is 2.04. The SMILES string of the molecule is N#Cc1cscc1-c1ccc(Br)cc1. The van der Waals surface area contributed by atoms with Gasteiger partial charge in [-0.3, -0.25) is 0 Å². The minimum absolute atomic E-state index is 0.748. The van der Waals surface area contributed by atoms with Crippen LogP contribution in [0.5, 0.6) is 0 Å². The lowest BCUT2D eigenvalue weighted by Crippen LogP contribution is -1.77. The summed E-state index contributed by atoms with van der Waals surface area (Å²) < 4.78 is 1.05. The Kier molecular flexibility index (Phi) is 2.67. The maximum absolute atomic E-state index is 8.87. The minimum atomic E-state index is 0.748. The third-order valence-electron chi connectivity index (χ3n) is 1.94. The Balaban J connectivity index is 2.50. The van der Waals surface area contributed by atoms with Crippen LogP contribution < -0.4 is 0 Å². The quantitative estimate of drug-likeness (QED) is 0.762. The van der Waals surface area contributed by atoms with Crippen molar-refractivity contribution in [2.75, 3.05) is 0 Å². The van der Waals surface area contributed by atoms with Crippen molar-refractivity contribution in [1.29, 1.82) is 5.26 Å². The third-order valence-corrected chi connectivity index (χ3v) is 3.21. The van der Waals surface area contributed by atoms with Crippen LogP contribution in [-0.4, -0.2) is 0 Å². The largest absolute Gasteiger partial charge is 0.192 e. The summed E-state index contributed by atoms with van der Waals surface area (Å²) in [5.74, 6) is 0. The Hall–Kier alpha value is -1.11. The van der Waals surface area contributed by atoms with Crippen molar-refractivity contribution in [3.8, 4) is 17.2 Å². The molecule has 0 amide bonds. The number of benzene rings is 1. The molecular formula is C11H6BrNS. The van der Waals surface area contributed by atoms with E-state index in [1.54, 1.807) is 11.3 Å². The molecule has 0 atom stereocenters. The maximum Gasteiger partial charge on any atom is 0.101 e. The molecule has 3 heteroatoms.